The van der Waals surface area contributed by atoms with E-state index >= 15 is 0 Å². The smallest absolute Gasteiger partial charge is 0.378 e. The summed E-state index contributed by atoms with van der Waals surface area (Å²) in [5.41, 5.74) is 1.91. The normalized spacial score (nSPS) is 16.7. The van der Waals surface area contributed by atoms with Gasteiger partial charge in [0.15, 0.2) is 11.9 Å². The largest absolute Gasteiger partial charge is 0.485 e. The second-order valence-electron chi connectivity index (χ2n) is 5.65. The topological polar surface area (TPSA) is 65.0 Å². The van der Waals surface area contributed by atoms with Gasteiger partial charge in [0.05, 0.1) is 0 Å². The molecule has 0 aliphatic carbocycles. The molecular formula is C20H20O5. The van der Waals surface area contributed by atoms with Crippen LogP contribution in [0.3, 0.4) is 0 Å². The zero-order valence-electron chi connectivity index (χ0n) is 13.8. The Morgan fingerprint density at radius 1 is 0.880 bits per heavy atom. The highest BCUT2D eigenvalue weighted by molar-refractivity contribution is 5.89. The molecule has 0 amide bonds. The molecule has 3 rings (SSSR count). The monoisotopic (exact) mass is 340 g/mol. The molecule has 5 nitrogen and oxygen atoms in total. The molecule has 5 heteroatoms. The number of ether oxygens (including phenoxy) is 3. The van der Waals surface area contributed by atoms with Crippen LogP contribution in [0.15, 0.2) is 72.2 Å². The predicted molar refractivity (Wildman–Crippen MR) is 91.1 cm³/mol. The fourth-order valence-corrected chi connectivity index (χ4v) is 2.54. The standard InChI is InChI=1S/C20H20O5/c21-12-11-17-18(23-13-15-7-3-1-4-8-15)19(20(22)25-17)24-14-16-9-5-2-6-10-16/h1-10,17,21H,11-14H2/t17-/m1/s1. The van der Waals surface area contributed by atoms with Gasteiger partial charge >= 0.3 is 5.97 Å². The Hall–Kier alpha value is -2.79. The number of hydrogen-bond donors (Lipinski definition) is 1. The first kappa shape index (κ1) is 17.0. The van der Waals surface area contributed by atoms with Crippen LogP contribution in [0.5, 0.6) is 0 Å². The Bertz CT molecular complexity index is 724. The van der Waals surface area contributed by atoms with Crippen LogP contribution in [0.1, 0.15) is 17.5 Å². The van der Waals surface area contributed by atoms with Gasteiger partial charge in [0.2, 0.25) is 5.76 Å². The minimum atomic E-state index is -0.619. The van der Waals surface area contributed by atoms with Crippen LogP contribution in [-0.4, -0.2) is 23.8 Å². The molecule has 1 atom stereocenters. The van der Waals surface area contributed by atoms with Gasteiger partial charge in [-0.3, -0.25) is 0 Å². The molecule has 0 bridgehead atoms. The maximum Gasteiger partial charge on any atom is 0.378 e. The number of aliphatic hydroxyl groups is 1. The molecule has 0 radical (unpaired) electrons. The van der Waals surface area contributed by atoms with Crippen LogP contribution < -0.4 is 0 Å². The molecule has 130 valence electrons. The summed E-state index contributed by atoms with van der Waals surface area (Å²) in [5, 5.41) is 9.20. The Morgan fingerprint density at radius 2 is 1.44 bits per heavy atom. The van der Waals surface area contributed by atoms with Crippen molar-refractivity contribution in [1.29, 1.82) is 0 Å². The highest BCUT2D eigenvalue weighted by Crippen LogP contribution is 2.28. The minimum absolute atomic E-state index is 0.0817. The summed E-state index contributed by atoms with van der Waals surface area (Å²) < 4.78 is 16.8. The van der Waals surface area contributed by atoms with Gasteiger partial charge in [0.1, 0.15) is 13.2 Å². The van der Waals surface area contributed by atoms with E-state index in [2.05, 4.69) is 0 Å². The first-order valence-corrected chi connectivity index (χ1v) is 8.17. The van der Waals surface area contributed by atoms with E-state index in [9.17, 15) is 9.90 Å². The quantitative estimate of drug-likeness (QED) is 0.749. The Morgan fingerprint density at radius 3 is 2.00 bits per heavy atom. The first-order chi connectivity index (χ1) is 12.3. The van der Waals surface area contributed by atoms with Gasteiger partial charge in [0, 0.05) is 13.0 Å². The van der Waals surface area contributed by atoms with E-state index in [0.29, 0.717) is 12.4 Å². The molecule has 25 heavy (non-hydrogen) atoms. The molecule has 1 N–H and O–H groups in total. The summed E-state index contributed by atoms with van der Waals surface area (Å²) in [7, 11) is 0. The van der Waals surface area contributed by atoms with Crippen LogP contribution in [-0.2, 0) is 32.2 Å². The number of hydrogen-bond acceptors (Lipinski definition) is 5. The third-order valence-corrected chi connectivity index (χ3v) is 3.81. The number of benzene rings is 2. The third-order valence-electron chi connectivity index (χ3n) is 3.81. The average Bonchev–Trinajstić information content (AvgIpc) is 2.95. The van der Waals surface area contributed by atoms with E-state index in [0.717, 1.165) is 11.1 Å². The number of rotatable bonds is 8. The second-order valence-corrected chi connectivity index (χ2v) is 5.65. The van der Waals surface area contributed by atoms with E-state index in [1.807, 2.05) is 60.7 Å². The number of carbonyl (C=O) groups is 1. The SMILES string of the molecule is O=C1O[C@H](CCO)C(OCc2ccccc2)=C1OCc1ccccc1. The van der Waals surface area contributed by atoms with Crippen molar-refractivity contribution in [3.63, 3.8) is 0 Å². The van der Waals surface area contributed by atoms with Crippen molar-refractivity contribution in [3.05, 3.63) is 83.3 Å². The van der Waals surface area contributed by atoms with Gasteiger partial charge in [-0.25, -0.2) is 4.79 Å². The van der Waals surface area contributed by atoms with Gasteiger partial charge < -0.3 is 19.3 Å². The lowest BCUT2D eigenvalue weighted by Gasteiger charge is -2.14. The van der Waals surface area contributed by atoms with Crippen molar-refractivity contribution < 1.29 is 24.1 Å². The van der Waals surface area contributed by atoms with E-state index in [1.165, 1.54) is 0 Å². The number of carbonyl (C=O) groups excluding carboxylic acids is 1. The molecule has 0 saturated carbocycles. The molecule has 1 aliphatic rings. The van der Waals surface area contributed by atoms with Crippen molar-refractivity contribution in [1.82, 2.24) is 0 Å². The summed E-state index contributed by atoms with van der Waals surface area (Å²) in [6.45, 7) is 0.435. The van der Waals surface area contributed by atoms with E-state index in [4.69, 9.17) is 14.2 Å². The van der Waals surface area contributed by atoms with Gasteiger partial charge in [0.25, 0.3) is 0 Å². The van der Waals surface area contributed by atoms with Crippen molar-refractivity contribution in [2.75, 3.05) is 6.61 Å². The summed E-state index contributed by atoms with van der Waals surface area (Å²) >= 11 is 0. The van der Waals surface area contributed by atoms with E-state index in [1.54, 1.807) is 0 Å². The lowest BCUT2D eigenvalue weighted by atomic mass is 10.2. The highest BCUT2D eigenvalue weighted by Gasteiger charge is 2.37. The maximum absolute atomic E-state index is 12.1. The number of aliphatic hydroxyl groups excluding tert-OH is 1. The molecular weight excluding hydrogens is 320 g/mol. The lowest BCUT2D eigenvalue weighted by Crippen LogP contribution is -2.15. The lowest BCUT2D eigenvalue weighted by molar-refractivity contribution is -0.143. The molecule has 1 aliphatic heterocycles. The fourth-order valence-electron chi connectivity index (χ4n) is 2.54. The van der Waals surface area contributed by atoms with Crippen LogP contribution in [0.2, 0.25) is 0 Å². The molecule has 0 unspecified atom stereocenters. The molecule has 0 aromatic heterocycles. The molecule has 0 spiro atoms. The van der Waals surface area contributed by atoms with Gasteiger partial charge in [-0.2, -0.15) is 0 Å². The zero-order chi connectivity index (χ0) is 17.5. The van der Waals surface area contributed by atoms with Crippen LogP contribution in [0, 0.1) is 0 Å². The Kier molecular flexibility index (Phi) is 5.69. The molecule has 2 aromatic carbocycles. The van der Waals surface area contributed by atoms with Crippen molar-refractivity contribution in [2.24, 2.45) is 0 Å². The molecule has 0 fully saturated rings. The van der Waals surface area contributed by atoms with Crippen LogP contribution in [0.4, 0.5) is 0 Å². The van der Waals surface area contributed by atoms with Crippen LogP contribution in [0.25, 0.3) is 0 Å². The minimum Gasteiger partial charge on any atom is -0.485 e. The van der Waals surface area contributed by atoms with Crippen molar-refractivity contribution >= 4 is 5.97 Å². The van der Waals surface area contributed by atoms with Crippen LogP contribution >= 0.6 is 0 Å². The van der Waals surface area contributed by atoms with E-state index in [-0.39, 0.29) is 25.4 Å². The summed E-state index contributed by atoms with van der Waals surface area (Å²) in [6.07, 6.45) is -0.347. The first-order valence-electron chi connectivity index (χ1n) is 8.17. The van der Waals surface area contributed by atoms with Gasteiger partial charge in [-0.05, 0) is 11.1 Å². The zero-order valence-corrected chi connectivity index (χ0v) is 13.8. The van der Waals surface area contributed by atoms with E-state index < -0.39 is 12.1 Å². The summed E-state index contributed by atoms with van der Waals surface area (Å²) in [6, 6.07) is 19.2. The second kappa shape index (κ2) is 8.35. The Balaban J connectivity index is 1.74. The maximum atomic E-state index is 12.1. The highest BCUT2D eigenvalue weighted by atomic mass is 16.6. The third kappa shape index (κ3) is 4.39. The Labute approximate surface area is 146 Å². The predicted octanol–water partition coefficient (Wildman–Crippen LogP) is 2.94. The van der Waals surface area contributed by atoms with Gasteiger partial charge in [-0.15, -0.1) is 0 Å². The van der Waals surface area contributed by atoms with Gasteiger partial charge in [-0.1, -0.05) is 60.7 Å². The number of cyclic esters (lactones) is 1. The summed E-state index contributed by atoms with van der Waals surface area (Å²) in [4.78, 5) is 12.1. The molecule has 2 aromatic rings. The molecule has 1 heterocycles. The fraction of sp³-hybridized carbons (Fsp3) is 0.250. The number of esters is 1. The van der Waals surface area contributed by atoms with Crippen molar-refractivity contribution in [2.45, 2.75) is 25.7 Å². The molecule has 0 saturated heterocycles. The van der Waals surface area contributed by atoms with Crippen molar-refractivity contribution in [3.8, 4) is 0 Å². The average molecular weight is 340 g/mol. The summed E-state index contributed by atoms with van der Waals surface area (Å²) in [5.74, 6) is -0.130.